The van der Waals surface area contributed by atoms with Crippen molar-refractivity contribution >= 4 is 22.8 Å². The van der Waals surface area contributed by atoms with Crippen LogP contribution >= 0.6 is 0 Å². The third-order valence-electron chi connectivity index (χ3n) is 5.12. The van der Waals surface area contributed by atoms with Crippen molar-refractivity contribution < 1.29 is 9.85 Å². The molecule has 0 amide bonds. The molecule has 1 aliphatic carbocycles. The maximum absolute atomic E-state index is 11.3. The number of nitrogens with zero attached hydrogens (tertiary/aromatic N) is 3. The van der Waals surface area contributed by atoms with Crippen molar-refractivity contribution in [1.29, 1.82) is 0 Å². The van der Waals surface area contributed by atoms with E-state index in [0.29, 0.717) is 5.92 Å². The van der Waals surface area contributed by atoms with Crippen LogP contribution in [0, 0.1) is 31.6 Å². The van der Waals surface area contributed by atoms with E-state index in [-0.39, 0.29) is 22.5 Å². The van der Waals surface area contributed by atoms with Gasteiger partial charge in [0.05, 0.1) is 15.9 Å². The van der Waals surface area contributed by atoms with Crippen molar-refractivity contribution in [3.63, 3.8) is 0 Å². The number of hydrogen-bond acceptors (Lipinski definition) is 6. The Labute approximate surface area is 153 Å². The number of non-ortho nitro benzene ring substituents is 1. The molecule has 1 saturated carbocycles. The fourth-order valence-corrected chi connectivity index (χ4v) is 3.80. The van der Waals surface area contributed by atoms with Gasteiger partial charge in [0.1, 0.15) is 5.69 Å². The van der Waals surface area contributed by atoms with Crippen LogP contribution in [0.3, 0.4) is 0 Å². The Kier molecular flexibility index (Phi) is 6.28. The Balaban J connectivity index is 2.29. The van der Waals surface area contributed by atoms with Gasteiger partial charge in [-0.2, -0.15) is 5.10 Å². The summed E-state index contributed by atoms with van der Waals surface area (Å²) in [6.07, 6.45) is 6.34. The number of hydrazone groups is 1. The lowest BCUT2D eigenvalue weighted by molar-refractivity contribution is -0.393. The van der Waals surface area contributed by atoms with Crippen molar-refractivity contribution in [3.8, 4) is 0 Å². The van der Waals surface area contributed by atoms with Crippen molar-refractivity contribution in [2.24, 2.45) is 16.4 Å². The van der Waals surface area contributed by atoms with Gasteiger partial charge >= 0.3 is 5.69 Å². The van der Waals surface area contributed by atoms with Crippen LogP contribution in [0.2, 0.25) is 0 Å². The molecule has 1 fully saturated rings. The highest BCUT2D eigenvalue weighted by Gasteiger charge is 2.34. The largest absolute Gasteiger partial charge is 0.301 e. The summed E-state index contributed by atoms with van der Waals surface area (Å²) in [5.41, 5.74) is 3.47. The summed E-state index contributed by atoms with van der Waals surface area (Å²) in [4.78, 5) is 20.8. The van der Waals surface area contributed by atoms with Crippen molar-refractivity contribution in [2.45, 2.75) is 59.3 Å². The number of nitro benzene ring substituents is 2. The van der Waals surface area contributed by atoms with Crippen LogP contribution in [0.5, 0.6) is 0 Å². The molecule has 0 spiro atoms. The van der Waals surface area contributed by atoms with Crippen LogP contribution in [-0.4, -0.2) is 15.6 Å². The molecule has 26 heavy (non-hydrogen) atoms. The number of nitro groups is 2. The molecule has 1 aromatic rings. The molecule has 0 radical (unpaired) electrons. The highest BCUT2D eigenvalue weighted by atomic mass is 16.6. The summed E-state index contributed by atoms with van der Waals surface area (Å²) in [6.45, 7) is 6.66. The molecule has 1 atom stereocenters. The molecular weight excluding hydrogens is 336 g/mol. The Hall–Kier alpha value is -2.51. The van der Waals surface area contributed by atoms with E-state index in [1.54, 1.807) is 0 Å². The van der Waals surface area contributed by atoms with Crippen LogP contribution in [0.25, 0.3) is 0 Å². The number of rotatable bonds is 7. The van der Waals surface area contributed by atoms with Crippen molar-refractivity contribution in [3.05, 3.63) is 38.4 Å². The SMILES string of the molecule is CCCC(C)(C)C1CCCC/C1=N\Nc1ccc([N+](=O)[O-])cc1[N+](=O)[O-]. The van der Waals surface area contributed by atoms with E-state index in [1.807, 2.05) is 0 Å². The zero-order valence-electron chi connectivity index (χ0n) is 15.5. The first kappa shape index (κ1) is 19.8. The topological polar surface area (TPSA) is 111 Å². The summed E-state index contributed by atoms with van der Waals surface area (Å²) in [5, 5.41) is 26.6. The Morgan fingerprint density at radius 1 is 1.23 bits per heavy atom. The van der Waals surface area contributed by atoms with Crippen molar-refractivity contribution in [2.75, 3.05) is 5.43 Å². The van der Waals surface area contributed by atoms with Crippen LogP contribution in [0.15, 0.2) is 23.3 Å². The highest BCUT2D eigenvalue weighted by molar-refractivity contribution is 5.89. The molecule has 1 N–H and O–H groups in total. The zero-order chi connectivity index (χ0) is 19.3. The minimum Gasteiger partial charge on any atom is -0.272 e. The van der Waals surface area contributed by atoms with Gasteiger partial charge in [-0.3, -0.25) is 25.7 Å². The number of benzene rings is 1. The van der Waals surface area contributed by atoms with Gasteiger partial charge in [-0.15, -0.1) is 0 Å². The summed E-state index contributed by atoms with van der Waals surface area (Å²) < 4.78 is 0. The lowest BCUT2D eigenvalue weighted by Gasteiger charge is -2.37. The molecular formula is C18H26N4O4. The molecule has 0 bridgehead atoms. The summed E-state index contributed by atoms with van der Waals surface area (Å²) in [5.74, 6) is 0.334. The predicted octanol–water partition coefficient (Wildman–Crippen LogP) is 5.29. The predicted molar refractivity (Wildman–Crippen MR) is 101 cm³/mol. The first-order valence-corrected chi connectivity index (χ1v) is 9.01. The van der Waals surface area contributed by atoms with E-state index in [4.69, 9.17) is 0 Å². The average molecular weight is 362 g/mol. The third kappa shape index (κ3) is 4.56. The smallest absolute Gasteiger partial charge is 0.272 e. The highest BCUT2D eigenvalue weighted by Crippen LogP contribution is 2.40. The fourth-order valence-electron chi connectivity index (χ4n) is 3.80. The minimum atomic E-state index is -0.646. The van der Waals surface area contributed by atoms with E-state index < -0.39 is 9.85 Å². The van der Waals surface area contributed by atoms with E-state index in [9.17, 15) is 20.2 Å². The maximum atomic E-state index is 11.3. The lowest BCUT2D eigenvalue weighted by atomic mass is 9.68. The van der Waals surface area contributed by atoms with Gasteiger partial charge in [-0.25, -0.2) is 0 Å². The van der Waals surface area contributed by atoms with E-state index in [1.165, 1.54) is 12.1 Å². The van der Waals surface area contributed by atoms with Gasteiger partial charge in [-0.1, -0.05) is 33.6 Å². The summed E-state index contributed by atoms with van der Waals surface area (Å²) >= 11 is 0. The Morgan fingerprint density at radius 2 is 1.96 bits per heavy atom. The monoisotopic (exact) mass is 362 g/mol. The summed E-state index contributed by atoms with van der Waals surface area (Å²) in [6, 6.07) is 3.55. The van der Waals surface area contributed by atoms with E-state index in [0.717, 1.165) is 50.3 Å². The van der Waals surface area contributed by atoms with Gasteiger partial charge in [0.2, 0.25) is 0 Å². The molecule has 1 unspecified atom stereocenters. The van der Waals surface area contributed by atoms with Crippen LogP contribution in [0.4, 0.5) is 17.1 Å². The van der Waals surface area contributed by atoms with Crippen LogP contribution in [-0.2, 0) is 0 Å². The second-order valence-corrected chi connectivity index (χ2v) is 7.47. The molecule has 0 heterocycles. The molecule has 142 valence electrons. The number of hydrogen-bond donors (Lipinski definition) is 1. The maximum Gasteiger partial charge on any atom is 0.301 e. The van der Waals surface area contributed by atoms with Crippen LogP contribution in [0.1, 0.15) is 59.3 Å². The quantitative estimate of drug-likeness (QED) is 0.523. The molecule has 0 aliphatic heterocycles. The zero-order valence-corrected chi connectivity index (χ0v) is 15.5. The third-order valence-corrected chi connectivity index (χ3v) is 5.12. The van der Waals surface area contributed by atoms with E-state index >= 15 is 0 Å². The summed E-state index contributed by atoms with van der Waals surface area (Å²) in [7, 11) is 0. The second-order valence-electron chi connectivity index (χ2n) is 7.47. The van der Waals surface area contributed by atoms with Gasteiger partial charge in [-0.05, 0) is 37.2 Å². The van der Waals surface area contributed by atoms with E-state index in [2.05, 4.69) is 31.3 Å². The number of anilines is 1. The van der Waals surface area contributed by atoms with Crippen molar-refractivity contribution in [1.82, 2.24) is 0 Å². The molecule has 0 aromatic heterocycles. The molecule has 1 aliphatic rings. The molecule has 8 nitrogen and oxygen atoms in total. The molecule has 0 saturated heterocycles. The molecule has 8 heteroatoms. The van der Waals surface area contributed by atoms with Crippen LogP contribution < -0.4 is 5.43 Å². The standard InChI is InChI=1S/C18H26N4O4/c1-4-11-18(2,3)14-7-5-6-8-15(14)19-20-16-10-9-13(21(23)24)12-17(16)22(25)26/h9-10,12,14,20H,4-8,11H2,1-3H3/b19-15+. The van der Waals surface area contributed by atoms with Gasteiger partial charge in [0.15, 0.2) is 0 Å². The Bertz CT molecular complexity index is 715. The Morgan fingerprint density at radius 3 is 2.58 bits per heavy atom. The molecule has 2 rings (SSSR count). The first-order valence-electron chi connectivity index (χ1n) is 9.01. The van der Waals surface area contributed by atoms with Gasteiger partial charge in [0, 0.05) is 17.7 Å². The average Bonchev–Trinajstić information content (AvgIpc) is 2.59. The first-order chi connectivity index (χ1) is 12.3. The van der Waals surface area contributed by atoms with Gasteiger partial charge < -0.3 is 0 Å². The minimum absolute atomic E-state index is 0.122. The fraction of sp³-hybridized carbons (Fsp3) is 0.611. The normalized spacial score (nSPS) is 19.3. The van der Waals surface area contributed by atoms with Gasteiger partial charge in [0.25, 0.3) is 5.69 Å². The second kappa shape index (κ2) is 8.25. The number of nitrogens with one attached hydrogen (secondary N) is 1. The molecule has 1 aromatic carbocycles. The lowest BCUT2D eigenvalue weighted by Crippen LogP contribution is -2.34.